The van der Waals surface area contributed by atoms with Crippen LogP contribution in [0, 0.1) is 5.82 Å². The number of hydrogen-bond donors (Lipinski definition) is 2. The summed E-state index contributed by atoms with van der Waals surface area (Å²) in [6, 6.07) is 12.2. The lowest BCUT2D eigenvalue weighted by Crippen LogP contribution is -2.55. The number of nitrogens with one attached hydrogen (secondary N) is 2. The molecule has 2 aliphatic rings. The number of halogens is 1. The van der Waals surface area contributed by atoms with Crippen molar-refractivity contribution in [1.82, 2.24) is 10.2 Å². The van der Waals surface area contributed by atoms with E-state index < -0.39 is 11.3 Å². The van der Waals surface area contributed by atoms with Crippen LogP contribution in [0.2, 0.25) is 0 Å². The summed E-state index contributed by atoms with van der Waals surface area (Å²) in [5, 5.41) is 10.7. The molecule has 1 fully saturated rings. The summed E-state index contributed by atoms with van der Waals surface area (Å²) in [5.74, 6) is 1.59. The molecule has 2 aromatic rings. The van der Waals surface area contributed by atoms with Crippen LogP contribution in [0.1, 0.15) is 38.8 Å². The number of ether oxygens (including phenoxy) is 2. The van der Waals surface area contributed by atoms with Gasteiger partial charge in [-0.25, -0.2) is 4.39 Å². The molecule has 180 valence electrons. The van der Waals surface area contributed by atoms with Crippen LogP contribution in [0.15, 0.2) is 65.3 Å². The van der Waals surface area contributed by atoms with E-state index in [1.165, 1.54) is 12.1 Å². The molecule has 0 saturated carbocycles. The van der Waals surface area contributed by atoms with Crippen molar-refractivity contribution in [3.8, 4) is 5.75 Å². The highest BCUT2D eigenvalue weighted by molar-refractivity contribution is 6.02. The largest absolute Gasteiger partial charge is 0.495 e. The minimum Gasteiger partial charge on any atom is -0.495 e. The van der Waals surface area contributed by atoms with E-state index in [0.29, 0.717) is 23.9 Å². The number of amidine groups is 1. The smallest absolute Gasteiger partial charge is 0.234 e. The summed E-state index contributed by atoms with van der Waals surface area (Å²) in [6.07, 6.45) is 3.80. The van der Waals surface area contributed by atoms with Gasteiger partial charge in [0.2, 0.25) is 11.6 Å². The molecule has 7 nitrogen and oxygen atoms in total. The molecule has 0 spiro atoms. The van der Waals surface area contributed by atoms with Crippen molar-refractivity contribution in [2.45, 2.75) is 39.0 Å². The molecule has 0 aromatic heterocycles. The van der Waals surface area contributed by atoms with E-state index in [1.54, 1.807) is 19.2 Å². The first-order chi connectivity index (χ1) is 16.1. The van der Waals surface area contributed by atoms with Gasteiger partial charge in [-0.3, -0.25) is 0 Å². The molecule has 0 aliphatic carbocycles. The standard InChI is InChI=1S/C26H31FN4O3/c1-17(28-5)15-29-21-12-7-18(13-22(21)32-6)14-23-24-30-34-26(4,19-8-10-20(27)11-9-19)31(24)16-25(2,3)33-23/h7-15,28-29H,16H2,1-6H3/b17-15-,23-14-. The molecule has 2 N–H and O–H groups in total. The average Bonchev–Trinajstić information content (AvgIpc) is 3.14. The number of nitrogens with zero attached hydrogens (tertiary/aromatic N) is 2. The van der Waals surface area contributed by atoms with Gasteiger partial charge in [-0.15, -0.1) is 0 Å². The molecule has 2 aliphatic heterocycles. The van der Waals surface area contributed by atoms with Gasteiger partial charge in [0.15, 0.2) is 5.76 Å². The van der Waals surface area contributed by atoms with Crippen LogP contribution in [0.4, 0.5) is 10.1 Å². The van der Waals surface area contributed by atoms with Gasteiger partial charge in [0.05, 0.1) is 19.3 Å². The zero-order valence-corrected chi connectivity index (χ0v) is 20.4. The van der Waals surface area contributed by atoms with E-state index in [9.17, 15) is 4.39 Å². The third kappa shape index (κ3) is 4.53. The van der Waals surface area contributed by atoms with Crippen molar-refractivity contribution in [2.24, 2.45) is 5.16 Å². The number of fused-ring (bicyclic) bond motifs is 1. The zero-order valence-electron chi connectivity index (χ0n) is 20.4. The summed E-state index contributed by atoms with van der Waals surface area (Å²) in [4.78, 5) is 7.99. The highest BCUT2D eigenvalue weighted by atomic mass is 19.1. The molecular formula is C26H31FN4O3. The number of morpholine rings is 1. The van der Waals surface area contributed by atoms with Gasteiger partial charge in [-0.1, -0.05) is 23.4 Å². The number of methoxy groups -OCH3 is 1. The molecule has 1 unspecified atom stereocenters. The first kappa shape index (κ1) is 23.5. The van der Waals surface area contributed by atoms with Gasteiger partial charge in [-0.05, 0) is 56.7 Å². The van der Waals surface area contributed by atoms with Crippen LogP contribution >= 0.6 is 0 Å². The van der Waals surface area contributed by atoms with E-state index in [1.807, 2.05) is 65.2 Å². The van der Waals surface area contributed by atoms with Gasteiger partial charge in [0.25, 0.3) is 0 Å². The molecule has 4 rings (SSSR count). The molecule has 1 saturated heterocycles. The normalized spacial score (nSPS) is 22.4. The van der Waals surface area contributed by atoms with Crippen molar-refractivity contribution in [3.05, 3.63) is 77.1 Å². The number of allylic oxidation sites excluding steroid dienone is 1. The molecule has 0 bridgehead atoms. The lowest BCUT2D eigenvalue weighted by molar-refractivity contribution is -0.118. The fourth-order valence-corrected chi connectivity index (χ4v) is 3.98. The third-order valence-corrected chi connectivity index (χ3v) is 5.97. The number of oxime groups is 1. The Morgan fingerprint density at radius 1 is 1.18 bits per heavy atom. The number of benzene rings is 2. The van der Waals surface area contributed by atoms with Crippen molar-refractivity contribution in [3.63, 3.8) is 0 Å². The fraction of sp³-hybridized carbons (Fsp3) is 0.346. The average molecular weight is 467 g/mol. The van der Waals surface area contributed by atoms with E-state index in [-0.39, 0.29) is 5.82 Å². The van der Waals surface area contributed by atoms with E-state index in [2.05, 4.69) is 20.7 Å². The van der Waals surface area contributed by atoms with E-state index in [4.69, 9.17) is 14.3 Å². The van der Waals surface area contributed by atoms with Crippen LogP contribution in [-0.2, 0) is 15.3 Å². The van der Waals surface area contributed by atoms with Gasteiger partial charge in [0.1, 0.15) is 17.2 Å². The SMILES string of the molecule is CN/C(C)=C\Nc1ccc(/C=C2\OC(C)(C)CN3C2=NOC3(C)c2ccc(F)cc2)cc1OC. The Kier molecular flexibility index (Phi) is 6.17. The van der Waals surface area contributed by atoms with Gasteiger partial charge < -0.3 is 29.8 Å². The summed E-state index contributed by atoms with van der Waals surface area (Å²) in [7, 11) is 3.50. The predicted molar refractivity (Wildman–Crippen MR) is 132 cm³/mol. The third-order valence-electron chi connectivity index (χ3n) is 5.97. The quantitative estimate of drug-likeness (QED) is 0.625. The Morgan fingerprint density at radius 3 is 2.59 bits per heavy atom. The lowest BCUT2D eigenvalue weighted by atomic mass is 9.97. The molecule has 0 amide bonds. The topological polar surface area (TPSA) is 67.4 Å². The Labute approximate surface area is 199 Å². The second kappa shape index (κ2) is 8.93. The second-order valence-corrected chi connectivity index (χ2v) is 9.13. The van der Waals surface area contributed by atoms with Crippen molar-refractivity contribution < 1.29 is 18.7 Å². The minimum atomic E-state index is -0.869. The van der Waals surface area contributed by atoms with Crippen LogP contribution in [0.25, 0.3) is 6.08 Å². The van der Waals surface area contributed by atoms with Crippen LogP contribution < -0.4 is 15.4 Å². The lowest BCUT2D eigenvalue weighted by Gasteiger charge is -2.44. The first-order valence-electron chi connectivity index (χ1n) is 11.2. The molecule has 2 heterocycles. The first-order valence-corrected chi connectivity index (χ1v) is 11.2. The zero-order chi connectivity index (χ0) is 24.5. The maximum atomic E-state index is 13.5. The van der Waals surface area contributed by atoms with Crippen molar-refractivity contribution in [1.29, 1.82) is 0 Å². The van der Waals surface area contributed by atoms with Crippen LogP contribution in [0.5, 0.6) is 5.75 Å². The molecule has 0 radical (unpaired) electrons. The summed E-state index contributed by atoms with van der Waals surface area (Å²) in [5.41, 5.74) is 2.17. The summed E-state index contributed by atoms with van der Waals surface area (Å²) < 4.78 is 25.4. The summed E-state index contributed by atoms with van der Waals surface area (Å²) >= 11 is 0. The molecule has 2 aromatic carbocycles. The van der Waals surface area contributed by atoms with E-state index >= 15 is 0 Å². The Bertz CT molecular complexity index is 1160. The highest BCUT2D eigenvalue weighted by Gasteiger charge is 2.50. The van der Waals surface area contributed by atoms with Crippen LogP contribution in [0.3, 0.4) is 0 Å². The van der Waals surface area contributed by atoms with Gasteiger partial charge >= 0.3 is 0 Å². The fourth-order valence-electron chi connectivity index (χ4n) is 3.98. The number of anilines is 1. The number of hydrogen-bond acceptors (Lipinski definition) is 7. The minimum absolute atomic E-state index is 0.294. The molecular weight excluding hydrogens is 435 g/mol. The predicted octanol–water partition coefficient (Wildman–Crippen LogP) is 5.00. The molecule has 34 heavy (non-hydrogen) atoms. The van der Waals surface area contributed by atoms with Gasteiger partial charge in [-0.2, -0.15) is 0 Å². The molecule has 1 atom stereocenters. The summed E-state index contributed by atoms with van der Waals surface area (Å²) in [6.45, 7) is 8.49. The maximum absolute atomic E-state index is 13.5. The van der Waals surface area contributed by atoms with E-state index in [0.717, 1.165) is 22.5 Å². The monoisotopic (exact) mass is 466 g/mol. The maximum Gasteiger partial charge on any atom is 0.234 e. The van der Waals surface area contributed by atoms with Crippen molar-refractivity contribution in [2.75, 3.05) is 26.0 Å². The second-order valence-electron chi connectivity index (χ2n) is 9.13. The van der Waals surface area contributed by atoms with Crippen LogP contribution in [-0.4, -0.2) is 37.0 Å². The number of rotatable bonds is 6. The van der Waals surface area contributed by atoms with Crippen molar-refractivity contribution >= 4 is 17.6 Å². The van der Waals surface area contributed by atoms with Gasteiger partial charge in [0, 0.05) is 31.4 Å². The Morgan fingerprint density at radius 2 is 1.91 bits per heavy atom. The Hall–Kier alpha value is -3.68. The Balaban J connectivity index is 1.67. The molecule has 8 heteroatoms. The highest BCUT2D eigenvalue weighted by Crippen LogP contribution is 2.42.